The molecule has 1 aromatic carbocycles. The minimum Gasteiger partial charge on any atom is -0.339 e. The Morgan fingerprint density at radius 3 is 2.91 bits per heavy atom. The summed E-state index contributed by atoms with van der Waals surface area (Å²) in [5.74, 6) is 0.233. The zero-order chi connectivity index (χ0) is 15.4. The van der Waals surface area contributed by atoms with Crippen molar-refractivity contribution in [2.24, 2.45) is 0 Å². The molecule has 1 aromatic heterocycles. The third kappa shape index (κ3) is 3.38. The fourth-order valence-electron chi connectivity index (χ4n) is 3.11. The van der Waals surface area contributed by atoms with E-state index in [1.54, 1.807) is 11.3 Å². The van der Waals surface area contributed by atoms with Gasteiger partial charge in [0.25, 0.3) is 0 Å². The lowest BCUT2D eigenvalue weighted by Crippen LogP contribution is -2.44. The average molecular weight is 314 g/mol. The third-order valence-electron chi connectivity index (χ3n) is 4.32. The first-order valence-corrected chi connectivity index (χ1v) is 8.95. The zero-order valence-corrected chi connectivity index (χ0v) is 13.8. The van der Waals surface area contributed by atoms with Crippen LogP contribution in [0, 0.1) is 0 Å². The van der Waals surface area contributed by atoms with Gasteiger partial charge in [0, 0.05) is 23.5 Å². The van der Waals surface area contributed by atoms with Crippen molar-refractivity contribution in [1.29, 1.82) is 0 Å². The molecule has 0 bridgehead atoms. The maximum atomic E-state index is 12.6. The van der Waals surface area contributed by atoms with Crippen LogP contribution in [0.5, 0.6) is 0 Å². The molecule has 3 nitrogen and oxygen atoms in total. The predicted octanol–water partition coefficient (Wildman–Crippen LogP) is 4.14. The second kappa shape index (κ2) is 7.05. The number of hydrogen-bond donors (Lipinski definition) is 0. The third-order valence-corrected chi connectivity index (χ3v) is 5.26. The van der Waals surface area contributed by atoms with Crippen molar-refractivity contribution in [2.45, 2.75) is 45.1 Å². The molecule has 2 heterocycles. The molecule has 22 heavy (non-hydrogen) atoms. The summed E-state index contributed by atoms with van der Waals surface area (Å²) in [6.07, 6.45) is 5.01. The summed E-state index contributed by atoms with van der Waals surface area (Å²) in [4.78, 5) is 19.3. The highest BCUT2D eigenvalue weighted by molar-refractivity contribution is 7.13. The van der Waals surface area contributed by atoms with Gasteiger partial charge >= 0.3 is 0 Å². The molecule has 0 radical (unpaired) electrons. The van der Waals surface area contributed by atoms with Crippen LogP contribution in [-0.2, 0) is 11.2 Å². The molecule has 1 amide bonds. The Morgan fingerprint density at radius 2 is 2.14 bits per heavy atom. The maximum Gasteiger partial charge on any atom is 0.228 e. The van der Waals surface area contributed by atoms with Crippen molar-refractivity contribution in [3.05, 3.63) is 41.4 Å². The van der Waals surface area contributed by atoms with E-state index in [9.17, 15) is 4.79 Å². The van der Waals surface area contributed by atoms with E-state index in [1.807, 2.05) is 23.6 Å². The molecule has 1 aliphatic heterocycles. The van der Waals surface area contributed by atoms with Crippen LogP contribution >= 0.6 is 11.3 Å². The molecule has 1 atom stereocenters. The minimum atomic E-state index is 0.233. The molecule has 0 saturated carbocycles. The van der Waals surface area contributed by atoms with Gasteiger partial charge in [0.2, 0.25) is 5.91 Å². The van der Waals surface area contributed by atoms with Gasteiger partial charge in [-0.2, -0.15) is 0 Å². The van der Waals surface area contributed by atoms with Crippen molar-refractivity contribution in [3.63, 3.8) is 0 Å². The number of hydrogen-bond acceptors (Lipinski definition) is 3. The summed E-state index contributed by atoms with van der Waals surface area (Å²) < 4.78 is 0. The molecule has 2 aromatic rings. The molecular formula is C18H22N2OS. The zero-order valence-electron chi connectivity index (χ0n) is 13.0. The monoisotopic (exact) mass is 314 g/mol. The summed E-state index contributed by atoms with van der Waals surface area (Å²) >= 11 is 1.62. The number of carbonyl (C=O) groups is 1. The highest BCUT2D eigenvalue weighted by atomic mass is 32.1. The van der Waals surface area contributed by atoms with Gasteiger partial charge in [-0.1, -0.05) is 37.3 Å². The Balaban J connectivity index is 1.68. The first kappa shape index (κ1) is 15.2. The van der Waals surface area contributed by atoms with Gasteiger partial charge < -0.3 is 4.90 Å². The summed E-state index contributed by atoms with van der Waals surface area (Å²) in [6.45, 7) is 3.08. The number of likely N-dealkylation sites (tertiary alicyclic amines) is 1. The average Bonchev–Trinajstić information content (AvgIpc) is 3.04. The van der Waals surface area contributed by atoms with E-state index in [0.717, 1.165) is 42.1 Å². The SMILES string of the molecule is CCC1CCCCN1C(=O)Cc1csc(-c2ccccc2)n1. The number of rotatable bonds is 4. The van der Waals surface area contributed by atoms with Crippen LogP contribution < -0.4 is 0 Å². The Kier molecular flexibility index (Phi) is 4.88. The summed E-state index contributed by atoms with van der Waals surface area (Å²) in [5.41, 5.74) is 2.02. The molecule has 116 valence electrons. The van der Waals surface area contributed by atoms with E-state index in [4.69, 9.17) is 0 Å². The van der Waals surface area contributed by atoms with Crippen molar-refractivity contribution in [3.8, 4) is 10.6 Å². The number of piperidine rings is 1. The van der Waals surface area contributed by atoms with Crippen LogP contribution in [0.15, 0.2) is 35.7 Å². The van der Waals surface area contributed by atoms with E-state index >= 15 is 0 Å². The normalized spacial score (nSPS) is 18.4. The van der Waals surface area contributed by atoms with E-state index < -0.39 is 0 Å². The van der Waals surface area contributed by atoms with Crippen molar-refractivity contribution in [2.75, 3.05) is 6.54 Å². The topological polar surface area (TPSA) is 33.2 Å². The number of carbonyl (C=O) groups excluding carboxylic acids is 1. The fourth-order valence-corrected chi connectivity index (χ4v) is 3.94. The van der Waals surface area contributed by atoms with E-state index in [0.29, 0.717) is 12.5 Å². The first-order valence-electron chi connectivity index (χ1n) is 8.07. The molecule has 0 N–H and O–H groups in total. The smallest absolute Gasteiger partial charge is 0.228 e. The molecule has 0 aliphatic carbocycles. The summed E-state index contributed by atoms with van der Waals surface area (Å²) in [7, 11) is 0. The lowest BCUT2D eigenvalue weighted by Gasteiger charge is -2.35. The number of benzene rings is 1. The van der Waals surface area contributed by atoms with E-state index in [1.165, 1.54) is 6.42 Å². The summed E-state index contributed by atoms with van der Waals surface area (Å²) in [5, 5.41) is 3.01. The first-order chi connectivity index (χ1) is 10.8. The molecule has 1 saturated heterocycles. The van der Waals surface area contributed by atoms with E-state index in [2.05, 4.69) is 28.9 Å². The Morgan fingerprint density at radius 1 is 1.32 bits per heavy atom. The van der Waals surface area contributed by atoms with Crippen LogP contribution in [0.1, 0.15) is 38.3 Å². The summed E-state index contributed by atoms with van der Waals surface area (Å²) in [6, 6.07) is 10.6. The maximum absolute atomic E-state index is 12.6. The number of thiazole rings is 1. The van der Waals surface area contributed by atoms with Gasteiger partial charge in [0.05, 0.1) is 12.1 Å². The lowest BCUT2D eigenvalue weighted by atomic mass is 9.99. The van der Waals surface area contributed by atoms with Gasteiger partial charge in [-0.05, 0) is 25.7 Å². The van der Waals surface area contributed by atoms with Crippen LogP contribution in [-0.4, -0.2) is 28.4 Å². The largest absolute Gasteiger partial charge is 0.339 e. The molecule has 1 fully saturated rings. The van der Waals surface area contributed by atoms with Crippen molar-refractivity contribution >= 4 is 17.2 Å². The quantitative estimate of drug-likeness (QED) is 0.849. The van der Waals surface area contributed by atoms with Gasteiger partial charge in [-0.3, -0.25) is 4.79 Å². The highest BCUT2D eigenvalue weighted by Gasteiger charge is 2.25. The van der Waals surface area contributed by atoms with Crippen molar-refractivity contribution in [1.82, 2.24) is 9.88 Å². The molecule has 1 unspecified atom stereocenters. The Bertz CT molecular complexity index is 623. The second-order valence-electron chi connectivity index (χ2n) is 5.83. The standard InChI is InChI=1S/C18H22N2OS/c1-2-16-10-6-7-11-20(16)17(21)12-15-13-22-18(19-15)14-8-4-3-5-9-14/h3-5,8-9,13,16H,2,6-7,10-12H2,1H3. The van der Waals surface area contributed by atoms with Crippen molar-refractivity contribution < 1.29 is 4.79 Å². The van der Waals surface area contributed by atoms with E-state index in [-0.39, 0.29) is 5.91 Å². The van der Waals surface area contributed by atoms with Crippen LogP contribution in [0.2, 0.25) is 0 Å². The van der Waals surface area contributed by atoms with Crippen LogP contribution in [0.3, 0.4) is 0 Å². The van der Waals surface area contributed by atoms with Gasteiger partial charge in [-0.25, -0.2) is 4.98 Å². The fraction of sp³-hybridized carbons (Fsp3) is 0.444. The number of nitrogens with zero attached hydrogens (tertiary/aromatic N) is 2. The molecule has 3 rings (SSSR count). The Labute approximate surface area is 136 Å². The molecular weight excluding hydrogens is 292 g/mol. The van der Waals surface area contributed by atoms with Crippen LogP contribution in [0.4, 0.5) is 0 Å². The highest BCUT2D eigenvalue weighted by Crippen LogP contribution is 2.25. The number of aromatic nitrogens is 1. The minimum absolute atomic E-state index is 0.233. The Hall–Kier alpha value is -1.68. The predicted molar refractivity (Wildman–Crippen MR) is 90.9 cm³/mol. The lowest BCUT2D eigenvalue weighted by molar-refractivity contribution is -0.134. The second-order valence-corrected chi connectivity index (χ2v) is 6.69. The molecule has 4 heteroatoms. The molecule has 0 spiro atoms. The van der Waals surface area contributed by atoms with Gasteiger partial charge in [0.15, 0.2) is 0 Å². The van der Waals surface area contributed by atoms with Gasteiger partial charge in [0.1, 0.15) is 5.01 Å². The number of amides is 1. The molecule has 1 aliphatic rings. The van der Waals surface area contributed by atoms with Gasteiger partial charge in [-0.15, -0.1) is 11.3 Å². The van der Waals surface area contributed by atoms with Crippen LogP contribution in [0.25, 0.3) is 10.6 Å².